The maximum Gasteiger partial charge on any atom is 0.262 e. The first-order valence-electron chi connectivity index (χ1n) is 7.99. The third kappa shape index (κ3) is 3.45. The van der Waals surface area contributed by atoms with Gasteiger partial charge in [-0.1, -0.05) is 0 Å². The number of rotatable bonds is 4. The molecule has 0 spiro atoms. The van der Waals surface area contributed by atoms with E-state index in [0.29, 0.717) is 17.8 Å². The summed E-state index contributed by atoms with van der Waals surface area (Å²) in [6.45, 7) is 6.60. The summed E-state index contributed by atoms with van der Waals surface area (Å²) in [6.07, 6.45) is 3.76. The van der Waals surface area contributed by atoms with Crippen LogP contribution in [0, 0.1) is 19.8 Å². The van der Waals surface area contributed by atoms with Crippen molar-refractivity contribution < 1.29 is 4.79 Å². The van der Waals surface area contributed by atoms with Crippen LogP contribution in [-0.4, -0.2) is 35.1 Å². The van der Waals surface area contributed by atoms with Crippen molar-refractivity contribution in [2.45, 2.75) is 33.2 Å². The molecule has 2 aromatic heterocycles. The van der Waals surface area contributed by atoms with Crippen LogP contribution in [0.25, 0.3) is 10.2 Å². The molecular weight excluding hydrogens is 312 g/mol. The van der Waals surface area contributed by atoms with Gasteiger partial charge in [0.1, 0.15) is 11.4 Å². The van der Waals surface area contributed by atoms with Crippen LogP contribution >= 0.6 is 11.3 Å². The van der Waals surface area contributed by atoms with Gasteiger partial charge >= 0.3 is 0 Å². The third-order valence-electron chi connectivity index (χ3n) is 4.46. The molecule has 1 fully saturated rings. The Bertz CT molecular complexity index is 774. The fourth-order valence-corrected chi connectivity index (χ4v) is 3.94. The summed E-state index contributed by atoms with van der Waals surface area (Å²) in [5, 5.41) is 6.90. The Hall–Kier alpha value is -1.73. The highest BCUT2D eigenvalue weighted by Crippen LogP contribution is 2.25. The molecule has 0 saturated carbocycles. The van der Waals surface area contributed by atoms with E-state index in [0.717, 1.165) is 41.2 Å². The molecule has 0 aromatic carbocycles. The summed E-state index contributed by atoms with van der Waals surface area (Å²) < 4.78 is 1.40. The zero-order valence-electron chi connectivity index (χ0n) is 13.5. The molecular formula is C16H22N4O2S. The van der Waals surface area contributed by atoms with Crippen molar-refractivity contribution in [1.82, 2.24) is 20.2 Å². The van der Waals surface area contributed by atoms with Gasteiger partial charge in [0.15, 0.2) is 0 Å². The fraction of sp³-hybridized carbons (Fsp3) is 0.562. The molecule has 3 rings (SSSR count). The monoisotopic (exact) mass is 334 g/mol. The molecule has 2 N–H and O–H groups in total. The van der Waals surface area contributed by atoms with Crippen molar-refractivity contribution in [1.29, 1.82) is 0 Å². The zero-order chi connectivity index (χ0) is 16.4. The van der Waals surface area contributed by atoms with Crippen LogP contribution in [0.15, 0.2) is 11.1 Å². The van der Waals surface area contributed by atoms with Gasteiger partial charge < -0.3 is 10.6 Å². The molecule has 0 aliphatic carbocycles. The lowest BCUT2D eigenvalue weighted by Crippen LogP contribution is -2.40. The summed E-state index contributed by atoms with van der Waals surface area (Å²) in [5.74, 6) is 0.343. The number of fused-ring (bicyclic) bond motifs is 1. The average Bonchev–Trinajstić information content (AvgIpc) is 2.84. The van der Waals surface area contributed by atoms with Gasteiger partial charge in [-0.25, -0.2) is 4.98 Å². The van der Waals surface area contributed by atoms with E-state index in [-0.39, 0.29) is 18.0 Å². The van der Waals surface area contributed by atoms with E-state index in [1.165, 1.54) is 22.2 Å². The highest BCUT2D eigenvalue weighted by atomic mass is 32.1. The largest absolute Gasteiger partial charge is 0.354 e. The van der Waals surface area contributed by atoms with Crippen LogP contribution in [0.1, 0.15) is 23.3 Å². The van der Waals surface area contributed by atoms with Crippen molar-refractivity contribution >= 4 is 27.5 Å². The van der Waals surface area contributed by atoms with Crippen molar-refractivity contribution in [3.8, 4) is 0 Å². The topological polar surface area (TPSA) is 76.0 Å². The van der Waals surface area contributed by atoms with Gasteiger partial charge in [0.2, 0.25) is 5.91 Å². The Labute approximate surface area is 138 Å². The molecule has 1 aliphatic rings. The lowest BCUT2D eigenvalue weighted by Gasteiger charge is -2.22. The Kier molecular flexibility index (Phi) is 4.77. The number of aromatic nitrogens is 2. The Morgan fingerprint density at radius 3 is 3.09 bits per heavy atom. The molecule has 1 amide bonds. The predicted molar refractivity (Wildman–Crippen MR) is 92.0 cm³/mol. The van der Waals surface area contributed by atoms with E-state index >= 15 is 0 Å². The summed E-state index contributed by atoms with van der Waals surface area (Å²) in [4.78, 5) is 30.8. The van der Waals surface area contributed by atoms with E-state index in [1.807, 2.05) is 13.8 Å². The number of amides is 1. The first-order valence-corrected chi connectivity index (χ1v) is 8.80. The molecule has 124 valence electrons. The summed E-state index contributed by atoms with van der Waals surface area (Å²) >= 11 is 1.52. The van der Waals surface area contributed by atoms with Gasteiger partial charge in [0.25, 0.3) is 5.56 Å². The molecule has 1 atom stereocenters. The highest BCUT2D eigenvalue weighted by molar-refractivity contribution is 7.18. The molecule has 1 saturated heterocycles. The molecule has 1 aliphatic heterocycles. The number of carbonyl (C=O) groups is 1. The average molecular weight is 334 g/mol. The number of nitrogens with zero attached hydrogens (tertiary/aromatic N) is 2. The highest BCUT2D eigenvalue weighted by Gasteiger charge is 2.16. The number of nitrogens with one attached hydrogen (secondary N) is 2. The van der Waals surface area contributed by atoms with Crippen LogP contribution in [0.3, 0.4) is 0 Å². The summed E-state index contributed by atoms with van der Waals surface area (Å²) in [6, 6.07) is 0. The lowest BCUT2D eigenvalue weighted by atomic mass is 10.00. The fourth-order valence-electron chi connectivity index (χ4n) is 2.95. The Morgan fingerprint density at radius 2 is 2.35 bits per heavy atom. The van der Waals surface area contributed by atoms with Gasteiger partial charge in [-0.2, -0.15) is 0 Å². The first-order chi connectivity index (χ1) is 11.1. The second-order valence-corrected chi connectivity index (χ2v) is 7.36. The number of aryl methyl sites for hydroxylation is 2. The van der Waals surface area contributed by atoms with Crippen LogP contribution in [0.4, 0.5) is 0 Å². The van der Waals surface area contributed by atoms with Gasteiger partial charge in [0, 0.05) is 11.4 Å². The van der Waals surface area contributed by atoms with Gasteiger partial charge in [0.05, 0.1) is 11.7 Å². The Balaban J connectivity index is 1.68. The van der Waals surface area contributed by atoms with E-state index in [1.54, 1.807) is 0 Å². The number of thiophene rings is 1. The molecule has 0 bridgehead atoms. The normalized spacial score (nSPS) is 18.3. The van der Waals surface area contributed by atoms with Gasteiger partial charge in [-0.05, 0) is 51.3 Å². The van der Waals surface area contributed by atoms with Crippen molar-refractivity contribution in [2.24, 2.45) is 5.92 Å². The molecule has 3 heterocycles. The van der Waals surface area contributed by atoms with Crippen LogP contribution < -0.4 is 16.2 Å². The maximum atomic E-state index is 12.5. The lowest BCUT2D eigenvalue weighted by molar-refractivity contribution is -0.121. The van der Waals surface area contributed by atoms with Crippen LogP contribution in [0.2, 0.25) is 0 Å². The molecule has 1 unspecified atom stereocenters. The number of hydrogen-bond donors (Lipinski definition) is 2. The molecule has 6 nitrogen and oxygen atoms in total. The van der Waals surface area contributed by atoms with E-state index in [9.17, 15) is 9.59 Å². The molecule has 7 heteroatoms. The van der Waals surface area contributed by atoms with Crippen LogP contribution in [0.5, 0.6) is 0 Å². The first kappa shape index (κ1) is 16.1. The molecule has 0 radical (unpaired) electrons. The molecule has 2 aromatic rings. The number of carbonyl (C=O) groups excluding carboxylic acids is 1. The number of hydrogen-bond acceptors (Lipinski definition) is 5. The SMILES string of the molecule is Cc1sc2ncn(CC(=O)NCC3CCCNC3)c(=O)c2c1C. The second kappa shape index (κ2) is 6.80. The summed E-state index contributed by atoms with van der Waals surface area (Å²) in [7, 11) is 0. The summed E-state index contributed by atoms with van der Waals surface area (Å²) in [5.41, 5.74) is 0.830. The third-order valence-corrected chi connectivity index (χ3v) is 5.57. The van der Waals surface area contributed by atoms with Crippen molar-refractivity contribution in [3.05, 3.63) is 27.1 Å². The second-order valence-electron chi connectivity index (χ2n) is 6.16. The van der Waals surface area contributed by atoms with Crippen LogP contribution in [-0.2, 0) is 11.3 Å². The minimum absolute atomic E-state index is 0.0241. The van der Waals surface area contributed by atoms with E-state index in [4.69, 9.17) is 0 Å². The minimum Gasteiger partial charge on any atom is -0.354 e. The smallest absolute Gasteiger partial charge is 0.262 e. The van der Waals surface area contributed by atoms with E-state index < -0.39 is 0 Å². The predicted octanol–water partition coefficient (Wildman–Crippen LogP) is 1.19. The van der Waals surface area contributed by atoms with Gasteiger partial charge in [-0.15, -0.1) is 11.3 Å². The zero-order valence-corrected chi connectivity index (χ0v) is 14.3. The van der Waals surface area contributed by atoms with E-state index in [2.05, 4.69) is 15.6 Å². The number of piperidine rings is 1. The minimum atomic E-state index is -0.136. The standard InChI is InChI=1S/C16H22N4O2S/c1-10-11(2)23-15-14(10)16(22)20(9-19-15)8-13(21)18-7-12-4-3-5-17-6-12/h9,12,17H,3-8H2,1-2H3,(H,18,21). The van der Waals surface area contributed by atoms with Crippen molar-refractivity contribution in [2.75, 3.05) is 19.6 Å². The maximum absolute atomic E-state index is 12.5. The molecule has 23 heavy (non-hydrogen) atoms. The van der Waals surface area contributed by atoms with Crippen molar-refractivity contribution in [3.63, 3.8) is 0 Å². The Morgan fingerprint density at radius 1 is 1.52 bits per heavy atom. The van der Waals surface area contributed by atoms with Gasteiger partial charge in [-0.3, -0.25) is 14.2 Å². The quantitative estimate of drug-likeness (QED) is 0.881.